The minimum atomic E-state index is -0.356. The van der Waals surface area contributed by atoms with Crippen molar-refractivity contribution in [1.29, 1.82) is 0 Å². The van der Waals surface area contributed by atoms with E-state index >= 15 is 0 Å². The van der Waals surface area contributed by atoms with Gasteiger partial charge in [-0.25, -0.2) is 0 Å². The van der Waals surface area contributed by atoms with E-state index in [1.54, 1.807) is 23.5 Å². The first-order valence-electron chi connectivity index (χ1n) is 7.52. The molecule has 0 unspecified atom stereocenters. The van der Waals surface area contributed by atoms with E-state index in [0.29, 0.717) is 0 Å². The Balaban J connectivity index is 1.48. The van der Waals surface area contributed by atoms with Gasteiger partial charge < -0.3 is 0 Å². The fourth-order valence-electron chi connectivity index (χ4n) is 2.74. The molecule has 7 heteroatoms. The minimum Gasteiger partial charge on any atom is -0.297 e. The van der Waals surface area contributed by atoms with Gasteiger partial charge in [0.1, 0.15) is 0 Å². The monoisotopic (exact) mass is 395 g/mol. The summed E-state index contributed by atoms with van der Waals surface area (Å²) in [6, 6.07) is 11.2. The highest BCUT2D eigenvalue weighted by molar-refractivity contribution is 9.11. The summed E-state index contributed by atoms with van der Waals surface area (Å²) in [5.74, 6) is 0. The van der Waals surface area contributed by atoms with E-state index in [1.807, 2.05) is 12.1 Å². The topological polar surface area (TPSA) is 49.6 Å². The molecule has 0 amide bonds. The van der Waals surface area contributed by atoms with E-state index in [2.05, 4.69) is 37.9 Å². The highest BCUT2D eigenvalue weighted by Gasteiger charge is 2.18. The van der Waals surface area contributed by atoms with E-state index in [0.717, 1.165) is 44.8 Å². The molecular weight excluding hydrogens is 378 g/mol. The average Bonchev–Trinajstić information content (AvgIpc) is 2.95. The maximum absolute atomic E-state index is 10.7. The third kappa shape index (κ3) is 4.60. The van der Waals surface area contributed by atoms with Gasteiger partial charge in [0.2, 0.25) is 0 Å². The van der Waals surface area contributed by atoms with Crippen molar-refractivity contribution in [3.63, 3.8) is 0 Å². The Kier molecular flexibility index (Phi) is 5.42. The van der Waals surface area contributed by atoms with Crippen molar-refractivity contribution in [3.05, 3.63) is 60.7 Å². The summed E-state index contributed by atoms with van der Waals surface area (Å²) >= 11 is 5.30. The third-order valence-corrected chi connectivity index (χ3v) is 5.63. The molecule has 0 atom stereocenters. The lowest BCUT2D eigenvalue weighted by Crippen LogP contribution is -2.45. The van der Waals surface area contributed by atoms with Crippen LogP contribution in [0.4, 0.5) is 5.69 Å². The second kappa shape index (κ2) is 7.53. The molecule has 0 radical (unpaired) electrons. The van der Waals surface area contributed by atoms with Gasteiger partial charge in [0.05, 0.1) is 8.71 Å². The van der Waals surface area contributed by atoms with Gasteiger partial charge >= 0.3 is 0 Å². The Hall–Kier alpha value is -1.28. The van der Waals surface area contributed by atoms with Gasteiger partial charge in [0, 0.05) is 56.3 Å². The maximum atomic E-state index is 10.7. The second-order valence-corrected chi connectivity index (χ2v) is 8.23. The highest BCUT2D eigenvalue weighted by Crippen LogP contribution is 2.23. The molecule has 2 heterocycles. The summed E-state index contributed by atoms with van der Waals surface area (Å²) in [7, 11) is 0. The van der Waals surface area contributed by atoms with Crippen LogP contribution < -0.4 is 0 Å². The van der Waals surface area contributed by atoms with Crippen LogP contribution in [0.25, 0.3) is 0 Å². The lowest BCUT2D eigenvalue weighted by molar-refractivity contribution is -0.384. The summed E-state index contributed by atoms with van der Waals surface area (Å²) in [5.41, 5.74) is 1.28. The number of nitro benzene ring substituents is 1. The van der Waals surface area contributed by atoms with Crippen LogP contribution in [-0.2, 0) is 13.1 Å². The summed E-state index contributed by atoms with van der Waals surface area (Å²) < 4.78 is 1.18. The number of halogens is 1. The molecule has 0 bridgehead atoms. The fourth-order valence-corrected chi connectivity index (χ4v) is 4.27. The largest absolute Gasteiger partial charge is 0.297 e. The standard InChI is InChI=1S/C16H18BrN3O2S/c17-16-6-5-15(23-16)12-19-9-7-18(8-10-19)11-13-1-3-14(4-2-13)20(21)22/h1-6H,7-12H2. The summed E-state index contributed by atoms with van der Waals surface area (Å²) in [4.78, 5) is 16.6. The zero-order valence-corrected chi connectivity index (χ0v) is 15.1. The molecule has 1 saturated heterocycles. The predicted octanol–water partition coefficient (Wildman–Crippen LogP) is 3.74. The first kappa shape index (κ1) is 16.6. The van der Waals surface area contributed by atoms with Crippen molar-refractivity contribution in [2.75, 3.05) is 26.2 Å². The smallest absolute Gasteiger partial charge is 0.269 e. The van der Waals surface area contributed by atoms with Gasteiger partial charge in [-0.1, -0.05) is 12.1 Å². The van der Waals surface area contributed by atoms with E-state index in [4.69, 9.17) is 0 Å². The zero-order chi connectivity index (χ0) is 16.2. The third-order valence-electron chi connectivity index (χ3n) is 4.03. The van der Waals surface area contributed by atoms with Crippen LogP contribution in [0.1, 0.15) is 10.4 Å². The van der Waals surface area contributed by atoms with Crippen molar-refractivity contribution < 1.29 is 4.92 Å². The van der Waals surface area contributed by atoms with Crippen LogP contribution >= 0.6 is 27.3 Å². The Morgan fingerprint density at radius 1 is 1.00 bits per heavy atom. The molecule has 1 aromatic carbocycles. The van der Waals surface area contributed by atoms with E-state index < -0.39 is 0 Å². The number of nitrogens with zero attached hydrogens (tertiary/aromatic N) is 3. The second-order valence-electron chi connectivity index (χ2n) is 5.68. The maximum Gasteiger partial charge on any atom is 0.269 e. The number of non-ortho nitro benzene ring substituents is 1. The Bertz CT molecular complexity index is 666. The summed E-state index contributed by atoms with van der Waals surface area (Å²) in [6.07, 6.45) is 0. The number of nitro groups is 1. The SMILES string of the molecule is O=[N+]([O-])c1ccc(CN2CCN(Cc3ccc(Br)s3)CC2)cc1. The van der Waals surface area contributed by atoms with Crippen molar-refractivity contribution >= 4 is 33.0 Å². The summed E-state index contributed by atoms with van der Waals surface area (Å²) in [6.45, 7) is 6.05. The lowest BCUT2D eigenvalue weighted by atomic mass is 10.2. The number of rotatable bonds is 5. The number of thiophene rings is 1. The molecule has 23 heavy (non-hydrogen) atoms. The van der Waals surface area contributed by atoms with Gasteiger partial charge in [-0.15, -0.1) is 11.3 Å². The van der Waals surface area contributed by atoms with Crippen LogP contribution in [0.5, 0.6) is 0 Å². The van der Waals surface area contributed by atoms with E-state index in [1.165, 1.54) is 8.66 Å². The van der Waals surface area contributed by atoms with Gasteiger partial charge in [-0.2, -0.15) is 0 Å². The molecular formula is C16H18BrN3O2S. The van der Waals surface area contributed by atoms with Crippen LogP contribution in [0.15, 0.2) is 40.2 Å². The van der Waals surface area contributed by atoms with Gasteiger partial charge in [-0.05, 0) is 33.6 Å². The van der Waals surface area contributed by atoms with E-state index in [-0.39, 0.29) is 10.6 Å². The molecule has 0 spiro atoms. The van der Waals surface area contributed by atoms with Crippen LogP contribution in [0.2, 0.25) is 0 Å². The number of piperazine rings is 1. The molecule has 0 N–H and O–H groups in total. The number of hydrogen-bond donors (Lipinski definition) is 0. The molecule has 1 fully saturated rings. The number of hydrogen-bond acceptors (Lipinski definition) is 5. The Morgan fingerprint density at radius 2 is 1.61 bits per heavy atom. The predicted molar refractivity (Wildman–Crippen MR) is 95.7 cm³/mol. The van der Waals surface area contributed by atoms with Crippen molar-refractivity contribution in [1.82, 2.24) is 9.80 Å². The molecule has 3 rings (SSSR count). The zero-order valence-electron chi connectivity index (χ0n) is 12.7. The van der Waals surface area contributed by atoms with Crippen LogP contribution in [0.3, 0.4) is 0 Å². The minimum absolute atomic E-state index is 0.153. The molecule has 122 valence electrons. The molecule has 0 saturated carbocycles. The van der Waals surface area contributed by atoms with Crippen molar-refractivity contribution in [2.45, 2.75) is 13.1 Å². The molecule has 0 aliphatic carbocycles. The van der Waals surface area contributed by atoms with Gasteiger partial charge in [0.15, 0.2) is 0 Å². The highest BCUT2D eigenvalue weighted by atomic mass is 79.9. The van der Waals surface area contributed by atoms with Gasteiger partial charge in [0.25, 0.3) is 5.69 Å². The molecule has 5 nitrogen and oxygen atoms in total. The Morgan fingerprint density at radius 3 is 2.13 bits per heavy atom. The first-order valence-corrected chi connectivity index (χ1v) is 9.13. The van der Waals surface area contributed by atoms with Gasteiger partial charge in [-0.3, -0.25) is 19.9 Å². The normalized spacial score (nSPS) is 16.6. The summed E-state index contributed by atoms with van der Waals surface area (Å²) in [5, 5.41) is 10.7. The van der Waals surface area contributed by atoms with Crippen LogP contribution in [0, 0.1) is 10.1 Å². The fraction of sp³-hybridized carbons (Fsp3) is 0.375. The lowest BCUT2D eigenvalue weighted by Gasteiger charge is -2.34. The van der Waals surface area contributed by atoms with Crippen molar-refractivity contribution in [3.8, 4) is 0 Å². The average molecular weight is 396 g/mol. The molecule has 1 aliphatic heterocycles. The quantitative estimate of drug-likeness (QED) is 0.571. The molecule has 2 aromatic rings. The Labute approximate surface area is 147 Å². The van der Waals surface area contributed by atoms with Crippen LogP contribution in [-0.4, -0.2) is 40.9 Å². The van der Waals surface area contributed by atoms with E-state index in [9.17, 15) is 10.1 Å². The molecule has 1 aromatic heterocycles. The number of benzene rings is 1. The van der Waals surface area contributed by atoms with Crippen molar-refractivity contribution in [2.24, 2.45) is 0 Å². The molecule has 1 aliphatic rings. The first-order chi connectivity index (χ1) is 11.1.